The van der Waals surface area contributed by atoms with Crippen LogP contribution in [0.15, 0.2) is 24.7 Å². The van der Waals surface area contributed by atoms with Gasteiger partial charge in [-0.3, -0.25) is 0 Å². The summed E-state index contributed by atoms with van der Waals surface area (Å²) in [5, 5.41) is 0. The molecule has 0 amide bonds. The van der Waals surface area contributed by atoms with Gasteiger partial charge in [0.2, 0.25) is 0 Å². The second-order valence-electron chi connectivity index (χ2n) is 2.99. The molecule has 0 aliphatic carbocycles. The van der Waals surface area contributed by atoms with Gasteiger partial charge in [0.25, 0.3) is 0 Å². The zero-order valence-corrected chi connectivity index (χ0v) is 8.60. The van der Waals surface area contributed by atoms with Crippen molar-refractivity contribution in [2.75, 3.05) is 26.1 Å². The summed E-state index contributed by atoms with van der Waals surface area (Å²) in [6.07, 6.45) is 4.89. The summed E-state index contributed by atoms with van der Waals surface area (Å²) in [5.41, 5.74) is 0. The normalized spacial score (nSPS) is 11.9. The highest BCUT2D eigenvalue weighted by Crippen LogP contribution is 2.52. The Hall–Kier alpha value is -0.290. The maximum Gasteiger partial charge on any atom is 0.117 e. The van der Waals surface area contributed by atoms with Crippen LogP contribution in [0.2, 0.25) is 0 Å². The molecule has 0 aromatic rings. The van der Waals surface area contributed by atoms with E-state index in [9.17, 15) is 0 Å². The van der Waals surface area contributed by atoms with Crippen molar-refractivity contribution in [3.05, 3.63) is 24.7 Å². The summed E-state index contributed by atoms with van der Waals surface area (Å²) < 4.78 is 5.13. The van der Waals surface area contributed by atoms with Crippen molar-refractivity contribution in [2.45, 2.75) is 6.92 Å². The molecular formula is C9H18OP+. The molecule has 0 aliphatic rings. The average Bonchev–Trinajstić information content (AvgIpc) is 1.87. The van der Waals surface area contributed by atoms with Crippen LogP contribution in [0.4, 0.5) is 0 Å². The third-order valence-electron chi connectivity index (χ3n) is 1.33. The Balaban J connectivity index is 3.78. The minimum absolute atomic E-state index is 0.755. The van der Waals surface area contributed by atoms with Crippen molar-refractivity contribution in [2.24, 2.45) is 0 Å². The van der Waals surface area contributed by atoms with E-state index in [4.69, 9.17) is 4.74 Å². The van der Waals surface area contributed by atoms with Crippen LogP contribution in [0.3, 0.4) is 0 Å². The molecular weight excluding hydrogens is 155 g/mol. The van der Waals surface area contributed by atoms with E-state index in [2.05, 4.69) is 25.7 Å². The Labute approximate surface area is 70.5 Å². The second kappa shape index (κ2) is 5.37. The van der Waals surface area contributed by atoms with Crippen LogP contribution in [-0.4, -0.2) is 26.1 Å². The molecule has 11 heavy (non-hydrogen) atoms. The standard InChI is InChI=1S/C9H18OP/c1-5-8-11(3,4)9-7-10-6-2/h5,7,9H,1,6,8H2,2-4H3/q+1/b9-7+. The highest BCUT2D eigenvalue weighted by Gasteiger charge is 2.18. The Kier molecular flexibility index (Phi) is 5.23. The molecule has 0 aromatic carbocycles. The highest BCUT2D eigenvalue weighted by molar-refractivity contribution is 7.77. The zero-order chi connectivity index (χ0) is 8.74. The Morgan fingerprint density at radius 1 is 1.45 bits per heavy atom. The van der Waals surface area contributed by atoms with Crippen LogP contribution in [0.5, 0.6) is 0 Å². The average molecular weight is 173 g/mol. The fourth-order valence-electron chi connectivity index (χ4n) is 0.698. The molecule has 0 saturated heterocycles. The van der Waals surface area contributed by atoms with Crippen LogP contribution < -0.4 is 0 Å². The quantitative estimate of drug-likeness (QED) is 0.353. The number of hydrogen-bond acceptors (Lipinski definition) is 1. The first-order valence-electron chi connectivity index (χ1n) is 3.85. The molecule has 0 heterocycles. The van der Waals surface area contributed by atoms with E-state index in [-0.39, 0.29) is 0 Å². The van der Waals surface area contributed by atoms with Gasteiger partial charge >= 0.3 is 0 Å². The molecule has 0 bridgehead atoms. The van der Waals surface area contributed by atoms with Crippen LogP contribution in [0, 0.1) is 0 Å². The third-order valence-corrected chi connectivity index (χ3v) is 3.46. The lowest BCUT2D eigenvalue weighted by molar-refractivity contribution is 0.270. The first kappa shape index (κ1) is 10.7. The van der Waals surface area contributed by atoms with Gasteiger partial charge in [0.1, 0.15) is 6.26 Å². The number of ether oxygens (including phenoxy) is 1. The van der Waals surface area contributed by atoms with E-state index in [1.807, 2.05) is 19.3 Å². The maximum atomic E-state index is 5.13. The predicted molar refractivity (Wildman–Crippen MR) is 54.6 cm³/mol. The van der Waals surface area contributed by atoms with E-state index < -0.39 is 7.26 Å². The summed E-state index contributed by atoms with van der Waals surface area (Å²) in [5.74, 6) is 2.18. The van der Waals surface area contributed by atoms with Gasteiger partial charge in [-0.15, -0.1) is 0 Å². The van der Waals surface area contributed by atoms with Crippen LogP contribution >= 0.6 is 7.26 Å². The van der Waals surface area contributed by atoms with E-state index in [0.717, 1.165) is 12.8 Å². The fourth-order valence-corrected chi connectivity index (χ4v) is 1.90. The molecule has 1 nitrogen and oxygen atoms in total. The lowest BCUT2D eigenvalue weighted by atomic mass is 10.8. The smallest absolute Gasteiger partial charge is 0.117 e. The predicted octanol–water partition coefficient (Wildman–Crippen LogP) is 2.96. The van der Waals surface area contributed by atoms with Gasteiger partial charge in [0, 0.05) is 7.26 Å². The summed E-state index contributed by atoms with van der Waals surface area (Å²) in [6.45, 7) is 11.0. The Morgan fingerprint density at radius 3 is 2.55 bits per heavy atom. The molecule has 0 spiro atoms. The van der Waals surface area contributed by atoms with Crippen LogP contribution in [0.25, 0.3) is 0 Å². The lowest BCUT2D eigenvalue weighted by Gasteiger charge is -2.08. The van der Waals surface area contributed by atoms with Gasteiger partial charge in [-0.25, -0.2) is 0 Å². The van der Waals surface area contributed by atoms with E-state index in [0.29, 0.717) is 0 Å². The molecule has 0 fully saturated rings. The van der Waals surface area contributed by atoms with Crippen molar-refractivity contribution in [1.29, 1.82) is 0 Å². The molecule has 0 aromatic heterocycles. The Morgan fingerprint density at radius 2 is 2.09 bits per heavy atom. The molecule has 0 rings (SSSR count). The van der Waals surface area contributed by atoms with Gasteiger partial charge in [-0.1, -0.05) is 12.7 Å². The number of hydrogen-bond donors (Lipinski definition) is 0. The first-order valence-corrected chi connectivity index (χ1v) is 6.79. The zero-order valence-electron chi connectivity index (χ0n) is 7.71. The van der Waals surface area contributed by atoms with Gasteiger partial charge < -0.3 is 4.74 Å². The van der Waals surface area contributed by atoms with Crippen LogP contribution in [-0.2, 0) is 4.74 Å². The second-order valence-corrected chi connectivity index (χ2v) is 7.21. The van der Waals surface area contributed by atoms with E-state index in [1.54, 1.807) is 0 Å². The minimum atomic E-state index is -0.896. The molecule has 0 radical (unpaired) electrons. The highest BCUT2D eigenvalue weighted by atomic mass is 31.2. The number of allylic oxidation sites excluding steroid dienone is 1. The van der Waals surface area contributed by atoms with Crippen molar-refractivity contribution < 1.29 is 4.74 Å². The van der Waals surface area contributed by atoms with E-state index in [1.165, 1.54) is 0 Å². The van der Waals surface area contributed by atoms with Gasteiger partial charge in [0.05, 0.1) is 31.9 Å². The summed E-state index contributed by atoms with van der Waals surface area (Å²) in [7, 11) is -0.896. The molecule has 0 unspecified atom stereocenters. The maximum absolute atomic E-state index is 5.13. The molecule has 64 valence electrons. The van der Waals surface area contributed by atoms with Crippen molar-refractivity contribution >= 4 is 7.26 Å². The molecule has 2 heteroatoms. The first-order chi connectivity index (χ1) is 5.12. The van der Waals surface area contributed by atoms with Gasteiger partial charge in [-0.2, -0.15) is 0 Å². The lowest BCUT2D eigenvalue weighted by Crippen LogP contribution is -1.88. The Bertz CT molecular complexity index is 138. The fraction of sp³-hybridized carbons (Fsp3) is 0.556. The van der Waals surface area contributed by atoms with Crippen molar-refractivity contribution in [3.63, 3.8) is 0 Å². The van der Waals surface area contributed by atoms with E-state index >= 15 is 0 Å². The largest absolute Gasteiger partial charge is 0.498 e. The number of rotatable bonds is 5. The van der Waals surface area contributed by atoms with Gasteiger partial charge in [-0.05, 0) is 6.92 Å². The van der Waals surface area contributed by atoms with Crippen LogP contribution in [0.1, 0.15) is 6.92 Å². The molecule has 0 atom stereocenters. The minimum Gasteiger partial charge on any atom is -0.498 e. The van der Waals surface area contributed by atoms with Crippen molar-refractivity contribution in [3.8, 4) is 0 Å². The van der Waals surface area contributed by atoms with Gasteiger partial charge in [0.15, 0.2) is 0 Å². The molecule has 0 N–H and O–H groups in total. The summed E-state index contributed by atoms with van der Waals surface area (Å²) >= 11 is 0. The SMILES string of the molecule is C=CC[P+](C)(C)/C=C/OCC. The summed E-state index contributed by atoms with van der Waals surface area (Å²) in [6, 6.07) is 0. The molecule has 0 saturated carbocycles. The summed E-state index contributed by atoms with van der Waals surface area (Å²) in [4.78, 5) is 0. The van der Waals surface area contributed by atoms with Crippen molar-refractivity contribution in [1.82, 2.24) is 0 Å². The monoisotopic (exact) mass is 173 g/mol. The molecule has 0 aliphatic heterocycles. The topological polar surface area (TPSA) is 9.23 Å². The third kappa shape index (κ3) is 6.12.